The summed E-state index contributed by atoms with van der Waals surface area (Å²) in [5.41, 5.74) is 0. The topological polar surface area (TPSA) is 85.8 Å². The van der Waals surface area contributed by atoms with Gasteiger partial charge in [0.15, 0.2) is 5.96 Å². The summed E-state index contributed by atoms with van der Waals surface area (Å²) in [4.78, 5) is 28.8. The van der Waals surface area contributed by atoms with E-state index in [0.29, 0.717) is 19.1 Å². The van der Waals surface area contributed by atoms with Crippen LogP contribution in [0.4, 0.5) is 4.79 Å². The average Bonchev–Trinajstić information content (AvgIpc) is 2.87. The highest BCUT2D eigenvalue weighted by Crippen LogP contribution is 2.28. The van der Waals surface area contributed by atoms with Gasteiger partial charge >= 0.3 is 6.03 Å². The summed E-state index contributed by atoms with van der Waals surface area (Å²) in [5, 5.41) is 10.0. The van der Waals surface area contributed by atoms with E-state index in [-0.39, 0.29) is 42.5 Å². The number of carbonyl (C=O) groups is 2. The quantitative estimate of drug-likeness (QED) is 0.223. The molecule has 1 heterocycles. The van der Waals surface area contributed by atoms with Gasteiger partial charge in [0.1, 0.15) is 0 Å². The molecule has 3 N–H and O–H groups in total. The molecule has 9 heteroatoms. The molecule has 144 valence electrons. The van der Waals surface area contributed by atoms with Gasteiger partial charge in [-0.2, -0.15) is 11.8 Å². The van der Waals surface area contributed by atoms with Gasteiger partial charge in [-0.25, -0.2) is 4.79 Å². The highest BCUT2D eigenvalue weighted by Gasteiger charge is 2.27. The lowest BCUT2D eigenvalue weighted by Crippen LogP contribution is -2.46. The van der Waals surface area contributed by atoms with Crippen LogP contribution in [0, 0.1) is 0 Å². The van der Waals surface area contributed by atoms with E-state index in [4.69, 9.17) is 0 Å². The largest absolute Gasteiger partial charge is 0.357 e. The summed E-state index contributed by atoms with van der Waals surface area (Å²) in [7, 11) is 0. The van der Waals surface area contributed by atoms with Crippen molar-refractivity contribution in [1.82, 2.24) is 20.9 Å². The molecular formula is C16H30IN5O2S. The summed E-state index contributed by atoms with van der Waals surface area (Å²) in [6.07, 6.45) is 4.88. The number of aliphatic imine (C=N–C) groups is 1. The lowest BCUT2D eigenvalue weighted by Gasteiger charge is -2.30. The summed E-state index contributed by atoms with van der Waals surface area (Å²) < 4.78 is 0. The van der Waals surface area contributed by atoms with E-state index in [9.17, 15) is 9.59 Å². The van der Waals surface area contributed by atoms with Crippen molar-refractivity contribution in [1.29, 1.82) is 0 Å². The number of imide groups is 1. The van der Waals surface area contributed by atoms with E-state index >= 15 is 0 Å². The van der Waals surface area contributed by atoms with Crippen LogP contribution in [-0.2, 0) is 4.79 Å². The van der Waals surface area contributed by atoms with Crippen molar-refractivity contribution in [3.63, 3.8) is 0 Å². The highest BCUT2D eigenvalue weighted by atomic mass is 127. The van der Waals surface area contributed by atoms with E-state index < -0.39 is 0 Å². The van der Waals surface area contributed by atoms with E-state index in [0.717, 1.165) is 36.3 Å². The standard InChI is InChI=1S/C16H29N5O2S.HI/c1-3-17-15(18-8-9-21-14(22)11-19-16(21)23)20-12-6-5-7-13(10-12)24-4-2;/h12-13H,3-11H2,1-2H3,(H,19,23)(H2,17,18,20);1H. The zero-order valence-corrected chi connectivity index (χ0v) is 18.2. The molecular weight excluding hydrogens is 453 g/mol. The van der Waals surface area contributed by atoms with E-state index in [1.165, 1.54) is 17.7 Å². The Morgan fingerprint density at radius 2 is 2.16 bits per heavy atom. The number of thioether (sulfide) groups is 1. The SMILES string of the molecule is CCNC(=NCCN1C(=O)CNC1=O)NC1CCCC(SCC)C1.I. The number of halogens is 1. The second-order valence-electron chi connectivity index (χ2n) is 6.05. The third kappa shape index (κ3) is 7.20. The van der Waals surface area contributed by atoms with E-state index in [1.54, 1.807) is 0 Å². The van der Waals surface area contributed by atoms with Gasteiger partial charge in [0.2, 0.25) is 5.91 Å². The predicted molar refractivity (Wildman–Crippen MR) is 114 cm³/mol. The van der Waals surface area contributed by atoms with Crippen molar-refractivity contribution in [2.24, 2.45) is 4.99 Å². The van der Waals surface area contributed by atoms with Crippen LogP contribution in [-0.4, -0.2) is 66.0 Å². The van der Waals surface area contributed by atoms with Crippen LogP contribution in [0.1, 0.15) is 39.5 Å². The number of nitrogens with one attached hydrogen (secondary N) is 3. The third-order valence-corrected chi connectivity index (χ3v) is 5.48. The molecule has 1 saturated carbocycles. The fourth-order valence-electron chi connectivity index (χ4n) is 3.12. The minimum absolute atomic E-state index is 0. The van der Waals surface area contributed by atoms with Crippen LogP contribution < -0.4 is 16.0 Å². The molecule has 2 rings (SSSR count). The Labute approximate surface area is 171 Å². The van der Waals surface area contributed by atoms with Crippen molar-refractivity contribution in [2.45, 2.75) is 50.8 Å². The first-order valence-electron chi connectivity index (χ1n) is 8.88. The highest BCUT2D eigenvalue weighted by molar-refractivity contribution is 14.0. The Morgan fingerprint density at radius 1 is 1.36 bits per heavy atom. The molecule has 25 heavy (non-hydrogen) atoms. The zero-order chi connectivity index (χ0) is 17.4. The minimum atomic E-state index is -0.320. The summed E-state index contributed by atoms with van der Waals surface area (Å²) in [5.74, 6) is 1.76. The molecule has 0 spiro atoms. The van der Waals surface area contributed by atoms with E-state index in [1.807, 2.05) is 18.7 Å². The maximum Gasteiger partial charge on any atom is 0.324 e. The van der Waals surface area contributed by atoms with Gasteiger partial charge < -0.3 is 16.0 Å². The Kier molecular flexibility index (Phi) is 10.6. The molecule has 1 aliphatic carbocycles. The second kappa shape index (κ2) is 11.8. The van der Waals surface area contributed by atoms with Crippen molar-refractivity contribution in [3.8, 4) is 0 Å². The van der Waals surface area contributed by atoms with E-state index in [2.05, 4.69) is 27.9 Å². The van der Waals surface area contributed by atoms with Crippen molar-refractivity contribution >= 4 is 53.6 Å². The summed E-state index contributed by atoms with van der Waals surface area (Å²) in [6.45, 7) is 5.86. The third-order valence-electron chi connectivity index (χ3n) is 4.24. The lowest BCUT2D eigenvalue weighted by atomic mass is 9.95. The molecule has 3 amide bonds. The lowest BCUT2D eigenvalue weighted by molar-refractivity contribution is -0.124. The first kappa shape index (κ1) is 22.3. The number of amides is 3. The normalized spacial score (nSPS) is 23.9. The number of carbonyl (C=O) groups excluding carboxylic acids is 2. The fraction of sp³-hybridized carbons (Fsp3) is 0.812. The van der Waals surface area contributed by atoms with Gasteiger partial charge in [-0.15, -0.1) is 24.0 Å². The molecule has 2 aliphatic rings. The molecule has 0 bridgehead atoms. The number of guanidine groups is 1. The second-order valence-corrected chi connectivity index (χ2v) is 7.63. The Morgan fingerprint density at radius 3 is 2.80 bits per heavy atom. The van der Waals surface area contributed by atoms with Gasteiger partial charge in [0.05, 0.1) is 19.6 Å². The Balaban J connectivity index is 0.00000312. The van der Waals surface area contributed by atoms with Crippen LogP contribution in [0.25, 0.3) is 0 Å². The van der Waals surface area contributed by atoms with Gasteiger partial charge in [-0.1, -0.05) is 13.3 Å². The number of urea groups is 1. The van der Waals surface area contributed by atoms with Crippen LogP contribution in [0.3, 0.4) is 0 Å². The number of hydrogen-bond acceptors (Lipinski definition) is 4. The predicted octanol–water partition coefficient (Wildman–Crippen LogP) is 1.78. The maximum absolute atomic E-state index is 11.6. The van der Waals surface area contributed by atoms with Gasteiger partial charge in [-0.05, 0) is 31.9 Å². The number of hydrogen-bond donors (Lipinski definition) is 3. The molecule has 2 atom stereocenters. The fourth-order valence-corrected chi connectivity index (χ4v) is 4.29. The number of rotatable bonds is 7. The molecule has 0 aromatic carbocycles. The molecule has 7 nitrogen and oxygen atoms in total. The van der Waals surface area contributed by atoms with Crippen molar-refractivity contribution in [3.05, 3.63) is 0 Å². The molecule has 0 aromatic rings. The molecule has 0 radical (unpaired) electrons. The van der Waals surface area contributed by atoms with Crippen molar-refractivity contribution in [2.75, 3.05) is 31.9 Å². The average molecular weight is 483 g/mol. The smallest absolute Gasteiger partial charge is 0.324 e. The molecule has 2 unspecified atom stereocenters. The van der Waals surface area contributed by atoms with Crippen LogP contribution in [0.5, 0.6) is 0 Å². The van der Waals surface area contributed by atoms with Crippen LogP contribution >= 0.6 is 35.7 Å². The molecule has 0 aromatic heterocycles. The molecule has 1 saturated heterocycles. The summed E-state index contributed by atoms with van der Waals surface area (Å²) >= 11 is 2.04. The van der Waals surface area contributed by atoms with Crippen LogP contribution in [0.2, 0.25) is 0 Å². The van der Waals surface area contributed by atoms with Crippen molar-refractivity contribution < 1.29 is 9.59 Å². The molecule has 1 aliphatic heterocycles. The van der Waals surface area contributed by atoms with Gasteiger partial charge in [0, 0.05) is 17.8 Å². The Hall–Kier alpha value is -0.710. The summed E-state index contributed by atoms with van der Waals surface area (Å²) in [6, 6.07) is 0.122. The first-order chi connectivity index (χ1) is 11.6. The minimum Gasteiger partial charge on any atom is -0.357 e. The van der Waals surface area contributed by atoms with Gasteiger partial charge in [0.25, 0.3) is 0 Å². The Bertz CT molecular complexity index is 459. The van der Waals surface area contributed by atoms with Gasteiger partial charge in [-0.3, -0.25) is 14.7 Å². The first-order valence-corrected chi connectivity index (χ1v) is 9.93. The molecule has 2 fully saturated rings. The van der Waals surface area contributed by atoms with Crippen LogP contribution in [0.15, 0.2) is 4.99 Å². The zero-order valence-electron chi connectivity index (χ0n) is 15.0. The maximum atomic E-state index is 11.6. The number of nitrogens with zero attached hydrogens (tertiary/aromatic N) is 2. The monoisotopic (exact) mass is 483 g/mol.